The van der Waals surface area contributed by atoms with Gasteiger partial charge < -0.3 is 14.2 Å². The Kier molecular flexibility index (Phi) is 5.19. The quantitative estimate of drug-likeness (QED) is 0.637. The lowest BCUT2D eigenvalue weighted by atomic mass is 9.93. The van der Waals surface area contributed by atoms with E-state index in [1.165, 1.54) is 0 Å². The van der Waals surface area contributed by atoms with E-state index in [4.69, 9.17) is 14.2 Å². The van der Waals surface area contributed by atoms with Gasteiger partial charge in [-0.1, -0.05) is 6.92 Å². The fourth-order valence-electron chi connectivity index (χ4n) is 2.35. The van der Waals surface area contributed by atoms with Crippen LogP contribution in [0.5, 0.6) is 0 Å². The Morgan fingerprint density at radius 2 is 2.11 bits per heavy atom. The van der Waals surface area contributed by atoms with Gasteiger partial charge in [-0.05, 0) is 38.6 Å². The molecule has 1 heterocycles. The van der Waals surface area contributed by atoms with Gasteiger partial charge >= 0.3 is 5.97 Å². The summed E-state index contributed by atoms with van der Waals surface area (Å²) in [5, 5.41) is 3.39. The maximum Gasteiger partial charge on any atom is 0.329 e. The summed E-state index contributed by atoms with van der Waals surface area (Å²) in [6.07, 6.45) is 3.26. The minimum atomic E-state index is -0.651. The first-order chi connectivity index (χ1) is 9.23. The third-order valence-corrected chi connectivity index (χ3v) is 3.76. The number of nitrogens with one attached hydrogen (secondary N) is 1. The monoisotopic (exact) mass is 271 g/mol. The van der Waals surface area contributed by atoms with Crippen molar-refractivity contribution in [3.63, 3.8) is 0 Å². The second-order valence-electron chi connectivity index (χ2n) is 5.36. The SMILES string of the molecule is CCCNC(COC1COC1)(C(=O)OCC)C1CC1. The van der Waals surface area contributed by atoms with Gasteiger partial charge in [0.25, 0.3) is 0 Å². The molecule has 1 unspecified atom stereocenters. The summed E-state index contributed by atoms with van der Waals surface area (Å²) in [7, 11) is 0. The largest absolute Gasteiger partial charge is 0.465 e. The van der Waals surface area contributed by atoms with E-state index in [-0.39, 0.29) is 12.1 Å². The Morgan fingerprint density at radius 1 is 1.37 bits per heavy atom. The number of hydrogen-bond donors (Lipinski definition) is 1. The van der Waals surface area contributed by atoms with Crippen molar-refractivity contribution in [2.24, 2.45) is 5.92 Å². The summed E-state index contributed by atoms with van der Waals surface area (Å²) in [5.41, 5.74) is -0.651. The summed E-state index contributed by atoms with van der Waals surface area (Å²) in [4.78, 5) is 12.4. The van der Waals surface area contributed by atoms with Crippen LogP contribution in [-0.4, -0.2) is 50.6 Å². The summed E-state index contributed by atoms with van der Waals surface area (Å²) >= 11 is 0. The zero-order chi connectivity index (χ0) is 13.7. The maximum atomic E-state index is 12.4. The minimum absolute atomic E-state index is 0.135. The van der Waals surface area contributed by atoms with E-state index >= 15 is 0 Å². The second-order valence-corrected chi connectivity index (χ2v) is 5.36. The predicted octanol–water partition coefficient (Wildman–Crippen LogP) is 1.11. The molecule has 0 amide bonds. The van der Waals surface area contributed by atoms with Crippen LogP contribution in [0.2, 0.25) is 0 Å². The molecule has 1 saturated heterocycles. The first-order valence-corrected chi connectivity index (χ1v) is 7.34. The zero-order valence-corrected chi connectivity index (χ0v) is 11.9. The lowest BCUT2D eigenvalue weighted by Gasteiger charge is -2.35. The van der Waals surface area contributed by atoms with E-state index in [1.807, 2.05) is 6.92 Å². The molecule has 0 radical (unpaired) electrons. The van der Waals surface area contributed by atoms with E-state index in [1.54, 1.807) is 0 Å². The number of hydrogen-bond acceptors (Lipinski definition) is 5. The highest BCUT2D eigenvalue weighted by atomic mass is 16.6. The Morgan fingerprint density at radius 3 is 2.58 bits per heavy atom. The van der Waals surface area contributed by atoms with Crippen molar-refractivity contribution in [1.82, 2.24) is 5.32 Å². The molecule has 0 aromatic heterocycles. The average molecular weight is 271 g/mol. The van der Waals surface area contributed by atoms with Crippen LogP contribution in [0.25, 0.3) is 0 Å². The normalized spacial score (nSPS) is 22.6. The van der Waals surface area contributed by atoms with Crippen LogP contribution in [-0.2, 0) is 19.0 Å². The Bertz CT molecular complexity index is 302. The van der Waals surface area contributed by atoms with Crippen molar-refractivity contribution in [2.45, 2.75) is 44.8 Å². The number of carbonyl (C=O) groups excluding carboxylic acids is 1. The van der Waals surface area contributed by atoms with Crippen molar-refractivity contribution in [1.29, 1.82) is 0 Å². The summed E-state index contributed by atoms with van der Waals surface area (Å²) in [5.74, 6) is 0.185. The predicted molar refractivity (Wildman–Crippen MR) is 70.9 cm³/mol. The number of esters is 1. The molecule has 2 fully saturated rings. The van der Waals surface area contributed by atoms with Crippen molar-refractivity contribution < 1.29 is 19.0 Å². The second kappa shape index (κ2) is 6.68. The van der Waals surface area contributed by atoms with E-state index in [2.05, 4.69) is 12.2 Å². The molecule has 1 aliphatic carbocycles. The molecular formula is C14H25NO4. The highest BCUT2D eigenvalue weighted by Crippen LogP contribution is 2.41. The van der Waals surface area contributed by atoms with Gasteiger partial charge in [0.15, 0.2) is 0 Å². The van der Waals surface area contributed by atoms with E-state index in [0.717, 1.165) is 25.8 Å². The van der Waals surface area contributed by atoms with Crippen LogP contribution in [0, 0.1) is 5.92 Å². The van der Waals surface area contributed by atoms with E-state index in [9.17, 15) is 4.79 Å². The van der Waals surface area contributed by atoms with Gasteiger partial charge in [0.2, 0.25) is 0 Å². The van der Waals surface area contributed by atoms with Crippen molar-refractivity contribution >= 4 is 5.97 Å². The molecule has 0 spiro atoms. The topological polar surface area (TPSA) is 56.8 Å². The van der Waals surface area contributed by atoms with Crippen molar-refractivity contribution in [2.75, 3.05) is 33.0 Å². The van der Waals surface area contributed by atoms with Gasteiger partial charge in [0, 0.05) is 0 Å². The van der Waals surface area contributed by atoms with E-state index in [0.29, 0.717) is 32.3 Å². The Labute approximate surface area is 115 Å². The Balaban J connectivity index is 2.00. The van der Waals surface area contributed by atoms with Crippen LogP contribution < -0.4 is 5.32 Å². The average Bonchev–Trinajstić information content (AvgIpc) is 3.16. The summed E-state index contributed by atoms with van der Waals surface area (Å²) < 4.78 is 16.2. The fourth-order valence-corrected chi connectivity index (χ4v) is 2.35. The lowest BCUT2D eigenvalue weighted by molar-refractivity contribution is -0.168. The molecule has 5 nitrogen and oxygen atoms in total. The molecule has 5 heteroatoms. The first kappa shape index (κ1) is 14.8. The van der Waals surface area contributed by atoms with Gasteiger partial charge in [-0.2, -0.15) is 0 Å². The number of ether oxygens (including phenoxy) is 3. The first-order valence-electron chi connectivity index (χ1n) is 7.34. The molecule has 2 rings (SSSR count). The summed E-state index contributed by atoms with van der Waals surface area (Å²) in [6.45, 7) is 6.82. The fraction of sp³-hybridized carbons (Fsp3) is 0.929. The molecule has 0 aromatic rings. The molecule has 19 heavy (non-hydrogen) atoms. The molecule has 1 saturated carbocycles. The molecule has 1 atom stereocenters. The molecule has 2 aliphatic rings. The van der Waals surface area contributed by atoms with Gasteiger partial charge in [-0.3, -0.25) is 5.32 Å². The van der Waals surface area contributed by atoms with Gasteiger partial charge in [-0.15, -0.1) is 0 Å². The maximum absolute atomic E-state index is 12.4. The molecule has 0 aromatic carbocycles. The van der Waals surface area contributed by atoms with Crippen LogP contribution in [0.1, 0.15) is 33.1 Å². The molecule has 1 aliphatic heterocycles. The van der Waals surface area contributed by atoms with Crippen LogP contribution in [0.3, 0.4) is 0 Å². The third-order valence-electron chi connectivity index (χ3n) is 3.76. The number of rotatable bonds is 9. The molecule has 0 bridgehead atoms. The summed E-state index contributed by atoms with van der Waals surface area (Å²) in [6, 6.07) is 0. The molecule has 1 N–H and O–H groups in total. The van der Waals surface area contributed by atoms with Crippen molar-refractivity contribution in [3.05, 3.63) is 0 Å². The van der Waals surface area contributed by atoms with E-state index < -0.39 is 5.54 Å². The third kappa shape index (κ3) is 3.46. The minimum Gasteiger partial charge on any atom is -0.465 e. The highest BCUT2D eigenvalue weighted by Gasteiger charge is 2.52. The highest BCUT2D eigenvalue weighted by molar-refractivity contribution is 5.82. The number of carbonyl (C=O) groups is 1. The van der Waals surface area contributed by atoms with Gasteiger partial charge in [0.1, 0.15) is 11.6 Å². The molecular weight excluding hydrogens is 246 g/mol. The molecule has 110 valence electrons. The van der Waals surface area contributed by atoms with Crippen molar-refractivity contribution in [3.8, 4) is 0 Å². The van der Waals surface area contributed by atoms with Crippen LogP contribution >= 0.6 is 0 Å². The smallest absolute Gasteiger partial charge is 0.329 e. The van der Waals surface area contributed by atoms with Crippen LogP contribution in [0.4, 0.5) is 0 Å². The standard InChI is InChI=1S/C14H25NO4/c1-3-7-15-14(11-5-6-11,13(16)18-4-2)10-19-12-8-17-9-12/h11-12,15H,3-10H2,1-2H3. The van der Waals surface area contributed by atoms with Crippen LogP contribution in [0.15, 0.2) is 0 Å². The van der Waals surface area contributed by atoms with Gasteiger partial charge in [0.05, 0.1) is 26.4 Å². The zero-order valence-electron chi connectivity index (χ0n) is 11.9. The Hall–Kier alpha value is -0.650. The lowest BCUT2D eigenvalue weighted by Crippen LogP contribution is -2.59. The van der Waals surface area contributed by atoms with Gasteiger partial charge in [-0.25, -0.2) is 4.79 Å².